The molecule has 0 radical (unpaired) electrons. The number of rotatable bonds is 2. The molecule has 158 valence electrons. The smallest absolute Gasteiger partial charge is 0.456 e. The van der Waals surface area contributed by atoms with E-state index in [1.54, 1.807) is 0 Å². The summed E-state index contributed by atoms with van der Waals surface area (Å²) in [6, 6.07) is 27.4. The first-order chi connectivity index (χ1) is 15.3. The molecule has 1 aromatic heterocycles. The van der Waals surface area contributed by atoms with Crippen LogP contribution in [0.5, 0.6) is 0 Å². The second-order valence-electron chi connectivity index (χ2n) is 9.65. The van der Waals surface area contributed by atoms with Crippen molar-refractivity contribution in [3.05, 3.63) is 78.9 Å². The molecule has 4 aromatic carbocycles. The van der Waals surface area contributed by atoms with Crippen LogP contribution in [0.1, 0.15) is 27.7 Å². The highest BCUT2D eigenvalue weighted by Crippen LogP contribution is 2.40. The van der Waals surface area contributed by atoms with Crippen molar-refractivity contribution in [2.75, 3.05) is 0 Å². The zero-order valence-electron chi connectivity index (χ0n) is 18.8. The van der Waals surface area contributed by atoms with Crippen LogP contribution in [0.2, 0.25) is 0 Å². The van der Waals surface area contributed by atoms with Crippen LogP contribution in [0.4, 0.5) is 0 Å². The highest BCUT2D eigenvalue weighted by atomic mass is 16.7. The van der Waals surface area contributed by atoms with Crippen molar-refractivity contribution in [3.8, 4) is 11.1 Å². The average molecular weight is 420 g/mol. The molecule has 1 saturated heterocycles. The third-order valence-electron chi connectivity index (χ3n) is 7.12. The Morgan fingerprint density at radius 2 is 1.28 bits per heavy atom. The lowest BCUT2D eigenvalue weighted by Gasteiger charge is -2.32. The molecule has 5 aromatic rings. The molecule has 0 amide bonds. The van der Waals surface area contributed by atoms with E-state index in [2.05, 4.69) is 100 Å². The lowest BCUT2D eigenvalue weighted by Crippen LogP contribution is -2.41. The molecule has 0 atom stereocenters. The fraction of sp³-hybridized carbons (Fsp3) is 0.214. The molecule has 0 unspecified atom stereocenters. The van der Waals surface area contributed by atoms with Crippen molar-refractivity contribution in [2.24, 2.45) is 0 Å². The average Bonchev–Trinajstić information content (AvgIpc) is 3.24. The third-order valence-corrected chi connectivity index (χ3v) is 7.12. The molecule has 0 aliphatic carbocycles. The van der Waals surface area contributed by atoms with E-state index < -0.39 is 18.3 Å². The predicted octanol–water partition coefficient (Wildman–Crippen LogP) is 6.71. The van der Waals surface area contributed by atoms with Crippen LogP contribution in [0.3, 0.4) is 0 Å². The van der Waals surface area contributed by atoms with Crippen LogP contribution in [0, 0.1) is 0 Å². The van der Waals surface area contributed by atoms with Crippen LogP contribution in [0.15, 0.2) is 83.3 Å². The summed E-state index contributed by atoms with van der Waals surface area (Å²) in [4.78, 5) is 0. The first-order valence-corrected chi connectivity index (χ1v) is 11.1. The van der Waals surface area contributed by atoms with Gasteiger partial charge < -0.3 is 13.7 Å². The highest BCUT2D eigenvalue weighted by molar-refractivity contribution is 6.67. The number of benzene rings is 4. The summed E-state index contributed by atoms with van der Waals surface area (Å²) >= 11 is 0. The summed E-state index contributed by atoms with van der Waals surface area (Å²) in [5.74, 6) is 0. The van der Waals surface area contributed by atoms with Crippen molar-refractivity contribution >= 4 is 45.3 Å². The molecule has 1 aliphatic rings. The molecule has 0 bridgehead atoms. The van der Waals surface area contributed by atoms with Gasteiger partial charge >= 0.3 is 7.12 Å². The van der Waals surface area contributed by atoms with Gasteiger partial charge in [-0.15, -0.1) is 0 Å². The van der Waals surface area contributed by atoms with E-state index >= 15 is 0 Å². The van der Waals surface area contributed by atoms with Gasteiger partial charge in [-0.25, -0.2) is 0 Å². The standard InChI is InChI=1S/C28H25BO3/c1-27(2)28(3,4)32-29(31-27)26-21(18-10-6-5-7-11-18)14-15-23-25(26)22-16-19-12-8-9-13-20(19)17-24(22)30-23/h5-17H,1-4H3. The summed E-state index contributed by atoms with van der Waals surface area (Å²) in [6.07, 6.45) is 0. The van der Waals surface area contributed by atoms with Crippen molar-refractivity contribution in [1.82, 2.24) is 0 Å². The molecular formula is C28H25BO3. The van der Waals surface area contributed by atoms with Crippen LogP contribution in [-0.2, 0) is 9.31 Å². The lowest BCUT2D eigenvalue weighted by atomic mass is 9.72. The maximum atomic E-state index is 6.56. The van der Waals surface area contributed by atoms with E-state index in [1.165, 1.54) is 10.8 Å². The maximum Gasteiger partial charge on any atom is 0.496 e. The van der Waals surface area contributed by atoms with Crippen molar-refractivity contribution in [3.63, 3.8) is 0 Å². The molecule has 6 rings (SSSR count). The molecule has 3 nitrogen and oxygen atoms in total. The minimum absolute atomic E-state index is 0.431. The Hall–Kier alpha value is -3.08. The Labute approximate surface area is 188 Å². The van der Waals surface area contributed by atoms with Gasteiger partial charge in [0.1, 0.15) is 11.2 Å². The summed E-state index contributed by atoms with van der Waals surface area (Å²) in [7, 11) is -0.494. The predicted molar refractivity (Wildman–Crippen MR) is 132 cm³/mol. The fourth-order valence-electron chi connectivity index (χ4n) is 4.66. The molecule has 0 spiro atoms. The van der Waals surface area contributed by atoms with E-state index in [1.807, 2.05) is 6.07 Å². The van der Waals surface area contributed by atoms with Crippen molar-refractivity contribution in [1.29, 1.82) is 0 Å². The number of fused-ring (bicyclic) bond motifs is 4. The Morgan fingerprint density at radius 1 is 0.656 bits per heavy atom. The molecule has 2 heterocycles. The molecule has 0 N–H and O–H groups in total. The Morgan fingerprint density at radius 3 is 1.97 bits per heavy atom. The van der Waals surface area contributed by atoms with Gasteiger partial charge in [0.25, 0.3) is 0 Å². The summed E-state index contributed by atoms with van der Waals surface area (Å²) < 4.78 is 19.5. The molecule has 1 fully saturated rings. The quantitative estimate of drug-likeness (QED) is 0.298. The SMILES string of the molecule is CC1(C)OB(c2c(-c3ccccc3)ccc3oc4cc5ccccc5cc4c23)OC1(C)C. The second kappa shape index (κ2) is 6.71. The molecule has 4 heteroatoms. The van der Waals surface area contributed by atoms with Crippen LogP contribution in [0.25, 0.3) is 43.8 Å². The molecule has 0 saturated carbocycles. The Bertz CT molecular complexity index is 1460. The third kappa shape index (κ3) is 2.83. The lowest BCUT2D eigenvalue weighted by molar-refractivity contribution is 0.00578. The zero-order chi connectivity index (χ0) is 22.1. The van der Waals surface area contributed by atoms with Gasteiger partial charge in [0.15, 0.2) is 0 Å². The Balaban J connectivity index is 1.70. The van der Waals surface area contributed by atoms with Gasteiger partial charge in [0.2, 0.25) is 0 Å². The molecule has 32 heavy (non-hydrogen) atoms. The minimum Gasteiger partial charge on any atom is -0.456 e. The van der Waals surface area contributed by atoms with Crippen molar-refractivity contribution < 1.29 is 13.7 Å². The number of hydrogen-bond acceptors (Lipinski definition) is 3. The van der Waals surface area contributed by atoms with E-state index in [0.29, 0.717) is 0 Å². The van der Waals surface area contributed by atoms with E-state index in [-0.39, 0.29) is 0 Å². The summed E-state index contributed by atoms with van der Waals surface area (Å²) in [5, 5.41) is 4.50. The van der Waals surface area contributed by atoms with Gasteiger partial charge in [0, 0.05) is 16.2 Å². The van der Waals surface area contributed by atoms with Gasteiger partial charge in [-0.1, -0.05) is 60.7 Å². The van der Waals surface area contributed by atoms with E-state index in [4.69, 9.17) is 13.7 Å². The van der Waals surface area contributed by atoms with Crippen molar-refractivity contribution in [2.45, 2.75) is 38.9 Å². The van der Waals surface area contributed by atoms with Gasteiger partial charge in [-0.2, -0.15) is 0 Å². The normalized spacial score (nSPS) is 17.6. The van der Waals surface area contributed by atoms with E-state index in [0.717, 1.165) is 38.5 Å². The highest BCUT2D eigenvalue weighted by Gasteiger charge is 2.53. The fourth-order valence-corrected chi connectivity index (χ4v) is 4.66. The molecule has 1 aliphatic heterocycles. The molecular weight excluding hydrogens is 395 g/mol. The first kappa shape index (κ1) is 19.6. The Kier molecular flexibility index (Phi) is 4.11. The van der Waals surface area contributed by atoms with Gasteiger partial charge in [-0.05, 0) is 67.8 Å². The second-order valence-corrected chi connectivity index (χ2v) is 9.65. The van der Waals surface area contributed by atoms with Gasteiger partial charge in [-0.3, -0.25) is 0 Å². The van der Waals surface area contributed by atoms with Crippen LogP contribution >= 0.6 is 0 Å². The number of hydrogen-bond donors (Lipinski definition) is 0. The largest absolute Gasteiger partial charge is 0.496 e. The first-order valence-electron chi connectivity index (χ1n) is 11.1. The van der Waals surface area contributed by atoms with Crippen LogP contribution in [-0.4, -0.2) is 18.3 Å². The van der Waals surface area contributed by atoms with E-state index in [9.17, 15) is 0 Å². The minimum atomic E-state index is -0.494. The number of furan rings is 1. The topological polar surface area (TPSA) is 31.6 Å². The summed E-state index contributed by atoms with van der Waals surface area (Å²) in [6.45, 7) is 8.37. The van der Waals surface area contributed by atoms with Gasteiger partial charge in [0.05, 0.1) is 11.2 Å². The summed E-state index contributed by atoms with van der Waals surface area (Å²) in [5.41, 5.74) is 4.13. The monoisotopic (exact) mass is 420 g/mol. The van der Waals surface area contributed by atoms with Crippen LogP contribution < -0.4 is 5.46 Å². The maximum absolute atomic E-state index is 6.56. The zero-order valence-corrected chi connectivity index (χ0v) is 18.8.